The van der Waals surface area contributed by atoms with Crippen LogP contribution in [0.25, 0.3) is 0 Å². The van der Waals surface area contributed by atoms with E-state index in [4.69, 9.17) is 4.74 Å². The maximum Gasteiger partial charge on any atom is 0.414 e. The second-order valence-corrected chi connectivity index (χ2v) is 5.31. The van der Waals surface area contributed by atoms with Gasteiger partial charge in [0.25, 0.3) is 0 Å². The highest BCUT2D eigenvalue weighted by Gasteiger charge is 2.38. The van der Waals surface area contributed by atoms with Crippen molar-refractivity contribution in [1.29, 1.82) is 0 Å². The second kappa shape index (κ2) is 6.38. The van der Waals surface area contributed by atoms with Gasteiger partial charge in [0.2, 0.25) is 0 Å². The molecule has 0 aliphatic carbocycles. The minimum Gasteiger partial charge on any atom is -0.360 e. The molecule has 0 aliphatic heterocycles. The van der Waals surface area contributed by atoms with Crippen molar-refractivity contribution in [1.82, 2.24) is 0 Å². The molecule has 0 aromatic heterocycles. The van der Waals surface area contributed by atoms with E-state index in [-0.39, 0.29) is 0 Å². The fraction of sp³-hybridized carbons (Fsp3) is 0.455. The Hall–Kier alpha value is 0.180. The van der Waals surface area contributed by atoms with Crippen LogP contribution in [-0.2, 0) is 4.74 Å². The third-order valence-electron chi connectivity index (χ3n) is 2.19. The van der Waals surface area contributed by atoms with Crippen molar-refractivity contribution < 1.29 is 17.9 Å². The van der Waals surface area contributed by atoms with Crippen molar-refractivity contribution >= 4 is 38.5 Å². The van der Waals surface area contributed by atoms with Crippen LogP contribution in [0.4, 0.5) is 13.2 Å². The standard InChI is InChI=1S/C11H11BrF3IO/c1-7(11(13,14)15)17-10(6-16)8-3-2-4-9(12)5-8/h2-5,7,10H,6H2,1H3. The Morgan fingerprint density at radius 3 is 2.53 bits per heavy atom. The third-order valence-corrected chi connectivity index (χ3v) is 3.48. The van der Waals surface area contributed by atoms with Crippen LogP contribution in [0.1, 0.15) is 18.6 Å². The number of hydrogen-bond donors (Lipinski definition) is 0. The van der Waals surface area contributed by atoms with Crippen LogP contribution in [0, 0.1) is 0 Å². The highest BCUT2D eigenvalue weighted by Crippen LogP contribution is 2.30. The predicted octanol–water partition coefficient (Wildman–Crippen LogP) is 4.89. The van der Waals surface area contributed by atoms with Crippen molar-refractivity contribution in [3.63, 3.8) is 0 Å². The molecule has 17 heavy (non-hydrogen) atoms. The lowest BCUT2D eigenvalue weighted by Gasteiger charge is -2.23. The Kier molecular flexibility index (Phi) is 5.72. The van der Waals surface area contributed by atoms with Gasteiger partial charge in [0, 0.05) is 8.90 Å². The van der Waals surface area contributed by atoms with Gasteiger partial charge in [0.1, 0.15) is 0 Å². The summed E-state index contributed by atoms with van der Waals surface area (Å²) in [4.78, 5) is 0. The van der Waals surface area contributed by atoms with Gasteiger partial charge >= 0.3 is 6.18 Å². The first-order valence-corrected chi connectivity index (χ1v) is 7.20. The van der Waals surface area contributed by atoms with Gasteiger partial charge < -0.3 is 4.74 Å². The van der Waals surface area contributed by atoms with E-state index in [2.05, 4.69) is 15.9 Å². The lowest BCUT2D eigenvalue weighted by molar-refractivity contribution is -0.225. The van der Waals surface area contributed by atoms with Crippen molar-refractivity contribution in [2.24, 2.45) is 0 Å². The molecule has 1 aromatic rings. The van der Waals surface area contributed by atoms with E-state index in [9.17, 15) is 13.2 Å². The molecule has 6 heteroatoms. The van der Waals surface area contributed by atoms with Crippen molar-refractivity contribution in [3.8, 4) is 0 Å². The lowest BCUT2D eigenvalue weighted by atomic mass is 10.1. The third kappa shape index (κ3) is 4.75. The monoisotopic (exact) mass is 422 g/mol. The molecule has 2 unspecified atom stereocenters. The molecule has 96 valence electrons. The van der Waals surface area contributed by atoms with E-state index in [1.54, 1.807) is 18.2 Å². The maximum absolute atomic E-state index is 12.4. The summed E-state index contributed by atoms with van der Waals surface area (Å²) in [5.74, 6) is 0. The molecule has 1 rings (SSSR count). The summed E-state index contributed by atoms with van der Waals surface area (Å²) >= 11 is 5.30. The van der Waals surface area contributed by atoms with Crippen LogP contribution in [0.15, 0.2) is 28.7 Å². The Morgan fingerprint density at radius 1 is 1.41 bits per heavy atom. The van der Waals surface area contributed by atoms with Gasteiger partial charge in [0.05, 0.1) is 6.10 Å². The normalized spacial score (nSPS) is 15.6. The number of rotatable bonds is 4. The largest absolute Gasteiger partial charge is 0.414 e. The molecule has 1 aromatic carbocycles. The smallest absolute Gasteiger partial charge is 0.360 e. The highest BCUT2D eigenvalue weighted by molar-refractivity contribution is 14.1. The molecule has 0 radical (unpaired) electrons. The molecule has 0 amide bonds. The number of hydrogen-bond acceptors (Lipinski definition) is 1. The Labute approximate surface area is 120 Å². The summed E-state index contributed by atoms with van der Waals surface area (Å²) in [5, 5.41) is 0. The van der Waals surface area contributed by atoms with E-state index >= 15 is 0 Å². The first-order chi connectivity index (χ1) is 7.84. The number of ether oxygens (including phenoxy) is 1. The van der Waals surface area contributed by atoms with Gasteiger partial charge in [-0.25, -0.2) is 0 Å². The van der Waals surface area contributed by atoms with E-state index in [1.807, 2.05) is 28.7 Å². The molecule has 0 saturated heterocycles. The molecule has 0 saturated carbocycles. The zero-order chi connectivity index (χ0) is 13.1. The summed E-state index contributed by atoms with van der Waals surface area (Å²) in [5.41, 5.74) is 0.741. The molecule has 0 heterocycles. The summed E-state index contributed by atoms with van der Waals surface area (Å²) < 4.78 is 43.6. The number of halogens is 5. The van der Waals surface area contributed by atoms with E-state index in [1.165, 1.54) is 0 Å². The second-order valence-electron chi connectivity index (χ2n) is 3.52. The van der Waals surface area contributed by atoms with Gasteiger partial charge in [-0.3, -0.25) is 0 Å². The van der Waals surface area contributed by atoms with Crippen molar-refractivity contribution in [2.45, 2.75) is 25.3 Å². The first kappa shape index (κ1) is 15.2. The van der Waals surface area contributed by atoms with Crippen LogP contribution in [0.2, 0.25) is 0 Å². The Bertz CT molecular complexity index is 370. The summed E-state index contributed by atoms with van der Waals surface area (Å²) in [6.07, 6.45) is -6.64. The van der Waals surface area contributed by atoms with Gasteiger partial charge in [-0.2, -0.15) is 13.2 Å². The fourth-order valence-corrected chi connectivity index (χ4v) is 2.37. The lowest BCUT2D eigenvalue weighted by Crippen LogP contribution is -2.30. The molecule has 0 spiro atoms. The van der Waals surface area contributed by atoms with Crippen LogP contribution in [0.3, 0.4) is 0 Å². The van der Waals surface area contributed by atoms with Gasteiger partial charge in [0.15, 0.2) is 6.10 Å². The SMILES string of the molecule is CC(OC(CI)c1cccc(Br)c1)C(F)(F)F. The van der Waals surface area contributed by atoms with E-state index < -0.39 is 18.4 Å². The number of alkyl halides is 4. The van der Waals surface area contributed by atoms with Gasteiger partial charge in [-0.15, -0.1) is 0 Å². The molecule has 0 bridgehead atoms. The number of benzene rings is 1. The van der Waals surface area contributed by atoms with Crippen LogP contribution < -0.4 is 0 Å². The summed E-state index contributed by atoms with van der Waals surface area (Å²) in [6, 6.07) is 7.13. The molecular formula is C11H11BrF3IO. The summed E-state index contributed by atoms with van der Waals surface area (Å²) in [7, 11) is 0. The van der Waals surface area contributed by atoms with Crippen molar-refractivity contribution in [2.75, 3.05) is 4.43 Å². The van der Waals surface area contributed by atoms with Gasteiger partial charge in [-0.1, -0.05) is 50.7 Å². The molecular weight excluding hydrogens is 412 g/mol. The quantitative estimate of drug-likeness (QED) is 0.495. The average molecular weight is 423 g/mol. The molecule has 2 atom stereocenters. The molecule has 0 N–H and O–H groups in total. The minimum atomic E-state index is -4.32. The van der Waals surface area contributed by atoms with Crippen LogP contribution >= 0.6 is 38.5 Å². The maximum atomic E-state index is 12.4. The van der Waals surface area contributed by atoms with Crippen LogP contribution in [-0.4, -0.2) is 16.7 Å². The Morgan fingerprint density at radius 2 is 2.06 bits per heavy atom. The molecule has 0 aliphatic rings. The van der Waals surface area contributed by atoms with E-state index in [0.717, 1.165) is 17.0 Å². The van der Waals surface area contributed by atoms with Gasteiger partial charge in [-0.05, 0) is 24.6 Å². The predicted molar refractivity (Wildman–Crippen MR) is 72.4 cm³/mol. The molecule has 1 nitrogen and oxygen atoms in total. The Balaban J connectivity index is 2.79. The first-order valence-electron chi connectivity index (χ1n) is 4.88. The molecule has 0 fully saturated rings. The van der Waals surface area contributed by atoms with Crippen molar-refractivity contribution in [3.05, 3.63) is 34.3 Å². The minimum absolute atomic E-state index is 0.467. The fourth-order valence-electron chi connectivity index (χ4n) is 1.23. The zero-order valence-electron chi connectivity index (χ0n) is 8.97. The average Bonchev–Trinajstić information content (AvgIpc) is 2.24. The van der Waals surface area contributed by atoms with Crippen LogP contribution in [0.5, 0.6) is 0 Å². The summed E-state index contributed by atoms with van der Waals surface area (Å²) in [6.45, 7) is 1.03. The van der Waals surface area contributed by atoms with E-state index in [0.29, 0.717) is 4.43 Å². The topological polar surface area (TPSA) is 9.23 Å². The zero-order valence-corrected chi connectivity index (χ0v) is 12.7. The highest BCUT2D eigenvalue weighted by atomic mass is 127.